The van der Waals surface area contributed by atoms with Gasteiger partial charge in [0.2, 0.25) is 0 Å². The molecule has 3 heterocycles. The molecule has 0 amide bonds. The number of nitrogens with zero attached hydrogens (tertiary/aromatic N) is 3. The normalized spacial score (nSPS) is 11.9. The number of pyridine rings is 1. The van der Waals surface area contributed by atoms with Crippen LogP contribution in [0.25, 0.3) is 83.6 Å². The Hall–Kier alpha value is -6.46. The number of furan rings is 1. The van der Waals surface area contributed by atoms with Crippen molar-refractivity contribution in [2.45, 2.75) is 26.2 Å². The summed E-state index contributed by atoms with van der Waals surface area (Å²) in [5, 5.41) is 13.4. The SMILES string of the molecule is CC(C)(C)c1cc(-c2cc(-c3ccccc3)ccn2)cc(-c2cccc3c2nc(-c2cc4oc5ccccc5c4cc2O)n3-c2ccccc2)c1. The minimum Gasteiger partial charge on any atom is -0.507 e. The number of aromatic hydroxyl groups is 1. The zero-order valence-electron chi connectivity index (χ0n) is 28.6. The third-order valence-electron chi connectivity index (χ3n) is 9.71. The molecule has 6 aromatic carbocycles. The zero-order valence-corrected chi connectivity index (χ0v) is 28.6. The van der Waals surface area contributed by atoms with Gasteiger partial charge < -0.3 is 9.52 Å². The average Bonchev–Trinajstić information content (AvgIpc) is 3.73. The maximum Gasteiger partial charge on any atom is 0.149 e. The van der Waals surface area contributed by atoms with E-state index in [4.69, 9.17) is 14.4 Å². The zero-order chi connectivity index (χ0) is 34.7. The minimum atomic E-state index is -0.113. The van der Waals surface area contributed by atoms with E-state index in [0.29, 0.717) is 17.0 Å². The largest absolute Gasteiger partial charge is 0.507 e. The maximum absolute atomic E-state index is 11.6. The number of fused-ring (bicyclic) bond motifs is 4. The molecule has 0 unspecified atom stereocenters. The minimum absolute atomic E-state index is 0.113. The summed E-state index contributed by atoms with van der Waals surface area (Å²) in [6, 6.07) is 49.5. The quantitative estimate of drug-likeness (QED) is 0.199. The molecule has 1 N–H and O–H groups in total. The molecule has 0 aliphatic carbocycles. The fraction of sp³-hybridized carbons (Fsp3) is 0.0870. The molecule has 0 fully saturated rings. The van der Waals surface area contributed by atoms with Gasteiger partial charge in [-0.1, -0.05) is 106 Å². The Morgan fingerprint density at radius 3 is 2.14 bits per heavy atom. The van der Waals surface area contributed by atoms with Crippen LogP contribution >= 0.6 is 0 Å². The molecule has 0 atom stereocenters. The lowest BCUT2D eigenvalue weighted by atomic mass is 9.83. The number of imidazole rings is 1. The van der Waals surface area contributed by atoms with Gasteiger partial charge in [0.15, 0.2) is 0 Å². The lowest BCUT2D eigenvalue weighted by Gasteiger charge is -2.22. The molecular formula is C46H35N3O2. The topological polar surface area (TPSA) is 64.1 Å². The van der Waals surface area contributed by atoms with E-state index in [-0.39, 0.29) is 11.2 Å². The fourth-order valence-electron chi connectivity index (χ4n) is 7.05. The summed E-state index contributed by atoms with van der Waals surface area (Å²) in [6.07, 6.45) is 1.89. The van der Waals surface area contributed by atoms with Gasteiger partial charge in [-0.05, 0) is 88.3 Å². The summed E-state index contributed by atoms with van der Waals surface area (Å²) in [7, 11) is 0. The molecule has 9 rings (SSSR count). The lowest BCUT2D eigenvalue weighted by Crippen LogP contribution is -2.11. The Bertz CT molecular complexity index is 2740. The Morgan fingerprint density at radius 2 is 1.33 bits per heavy atom. The third kappa shape index (κ3) is 5.35. The molecule has 0 aliphatic rings. The second-order valence-corrected chi connectivity index (χ2v) is 14.1. The molecule has 0 bridgehead atoms. The third-order valence-corrected chi connectivity index (χ3v) is 9.71. The summed E-state index contributed by atoms with van der Waals surface area (Å²) in [4.78, 5) is 10.2. The van der Waals surface area contributed by atoms with Crippen LogP contribution in [-0.2, 0) is 5.41 Å². The van der Waals surface area contributed by atoms with Crippen molar-refractivity contribution in [3.8, 4) is 56.3 Å². The molecule has 246 valence electrons. The second kappa shape index (κ2) is 11.9. The van der Waals surface area contributed by atoms with Crippen molar-refractivity contribution in [1.29, 1.82) is 0 Å². The number of hydrogen-bond acceptors (Lipinski definition) is 4. The highest BCUT2D eigenvalue weighted by molar-refractivity contribution is 6.07. The van der Waals surface area contributed by atoms with Crippen LogP contribution in [0.3, 0.4) is 0 Å². The highest BCUT2D eigenvalue weighted by Gasteiger charge is 2.23. The van der Waals surface area contributed by atoms with Gasteiger partial charge in [0, 0.05) is 33.8 Å². The van der Waals surface area contributed by atoms with Crippen molar-refractivity contribution >= 4 is 33.0 Å². The van der Waals surface area contributed by atoms with Gasteiger partial charge in [0.1, 0.15) is 22.7 Å². The van der Waals surface area contributed by atoms with Gasteiger partial charge in [-0.25, -0.2) is 4.98 Å². The van der Waals surface area contributed by atoms with Gasteiger partial charge in [0.25, 0.3) is 0 Å². The van der Waals surface area contributed by atoms with Gasteiger partial charge in [-0.3, -0.25) is 9.55 Å². The summed E-state index contributed by atoms with van der Waals surface area (Å²) < 4.78 is 8.39. The predicted octanol–water partition coefficient (Wildman–Crippen LogP) is 12.0. The molecule has 0 saturated heterocycles. The van der Waals surface area contributed by atoms with Crippen molar-refractivity contribution in [3.63, 3.8) is 0 Å². The van der Waals surface area contributed by atoms with Gasteiger partial charge in [-0.15, -0.1) is 0 Å². The smallest absolute Gasteiger partial charge is 0.149 e. The molecule has 51 heavy (non-hydrogen) atoms. The molecule has 5 nitrogen and oxygen atoms in total. The van der Waals surface area contributed by atoms with E-state index in [9.17, 15) is 5.11 Å². The molecule has 0 spiro atoms. The Balaban J connectivity index is 1.27. The average molecular weight is 662 g/mol. The van der Waals surface area contributed by atoms with E-state index in [2.05, 4.69) is 110 Å². The molecule has 9 aromatic rings. The number of para-hydroxylation sites is 3. The first kappa shape index (κ1) is 30.6. The Morgan fingerprint density at radius 1 is 0.588 bits per heavy atom. The Labute approximate surface area is 296 Å². The van der Waals surface area contributed by atoms with Crippen molar-refractivity contribution in [1.82, 2.24) is 14.5 Å². The highest BCUT2D eigenvalue weighted by Crippen LogP contribution is 2.42. The van der Waals surface area contributed by atoms with Gasteiger partial charge >= 0.3 is 0 Å². The molecule has 3 aromatic heterocycles. The van der Waals surface area contributed by atoms with Gasteiger partial charge in [0.05, 0.1) is 22.3 Å². The second-order valence-electron chi connectivity index (χ2n) is 14.1. The number of rotatable bonds is 5. The van der Waals surface area contributed by atoms with Crippen molar-refractivity contribution in [2.24, 2.45) is 0 Å². The molecule has 0 aliphatic heterocycles. The van der Waals surface area contributed by atoms with Crippen LogP contribution in [0.4, 0.5) is 0 Å². The molecule has 0 radical (unpaired) electrons. The number of phenols is 1. The molecule has 0 saturated carbocycles. The monoisotopic (exact) mass is 661 g/mol. The van der Waals surface area contributed by atoms with Crippen LogP contribution in [-0.4, -0.2) is 19.6 Å². The fourth-order valence-corrected chi connectivity index (χ4v) is 7.05. The predicted molar refractivity (Wildman–Crippen MR) is 208 cm³/mol. The molecule has 5 heteroatoms. The molecular weight excluding hydrogens is 627 g/mol. The highest BCUT2D eigenvalue weighted by atomic mass is 16.3. The van der Waals surface area contributed by atoms with Crippen molar-refractivity contribution < 1.29 is 9.52 Å². The van der Waals surface area contributed by atoms with Crippen LogP contribution in [0.2, 0.25) is 0 Å². The van der Waals surface area contributed by atoms with Crippen LogP contribution in [0.1, 0.15) is 26.3 Å². The van der Waals surface area contributed by atoms with Crippen LogP contribution in [0.5, 0.6) is 5.75 Å². The number of aromatic nitrogens is 3. The number of benzene rings is 6. The van der Waals surface area contributed by atoms with Gasteiger partial charge in [-0.2, -0.15) is 0 Å². The lowest BCUT2D eigenvalue weighted by molar-refractivity contribution is 0.477. The standard InChI is InChI=1S/C46H35N3O2/c1-46(2,3)33-24-31(23-32(25-33)39-26-30(21-22-47-39)29-13-6-4-7-14-29)35-18-12-19-40-44(35)48-45(49(40)34-15-8-5-9-16-34)38-28-43-37(27-41(38)50)36-17-10-11-20-42(36)51-43/h4-28,50H,1-3H3. The van der Waals surface area contributed by atoms with E-state index < -0.39 is 0 Å². The van der Waals surface area contributed by atoms with E-state index in [0.717, 1.165) is 66.6 Å². The first-order valence-corrected chi connectivity index (χ1v) is 17.2. The van der Waals surface area contributed by atoms with Crippen LogP contribution < -0.4 is 0 Å². The van der Waals surface area contributed by atoms with E-state index in [1.165, 1.54) is 5.56 Å². The summed E-state index contributed by atoms with van der Waals surface area (Å²) in [6.45, 7) is 6.72. The van der Waals surface area contributed by atoms with E-state index in [1.807, 2.05) is 60.8 Å². The van der Waals surface area contributed by atoms with E-state index >= 15 is 0 Å². The van der Waals surface area contributed by atoms with Crippen molar-refractivity contribution in [2.75, 3.05) is 0 Å². The first-order chi connectivity index (χ1) is 24.8. The van der Waals surface area contributed by atoms with Crippen molar-refractivity contribution in [3.05, 3.63) is 157 Å². The Kier molecular flexibility index (Phi) is 7.11. The summed E-state index contributed by atoms with van der Waals surface area (Å²) in [5.74, 6) is 0.775. The summed E-state index contributed by atoms with van der Waals surface area (Å²) >= 11 is 0. The summed E-state index contributed by atoms with van der Waals surface area (Å²) in [5.41, 5.74) is 12.2. The van der Waals surface area contributed by atoms with Crippen LogP contribution in [0, 0.1) is 0 Å². The maximum atomic E-state index is 11.6. The number of phenolic OH excluding ortho intramolecular Hbond substituents is 1. The van der Waals surface area contributed by atoms with E-state index in [1.54, 1.807) is 6.07 Å². The first-order valence-electron chi connectivity index (χ1n) is 17.2. The number of hydrogen-bond donors (Lipinski definition) is 1. The van der Waals surface area contributed by atoms with Crippen LogP contribution in [0.15, 0.2) is 156 Å².